The number of hydrogen-bond donors (Lipinski definition) is 0. The molecule has 0 N–H and O–H groups in total. The fourth-order valence-corrected chi connectivity index (χ4v) is 1.10. The van der Waals surface area contributed by atoms with Crippen LogP contribution in [0.3, 0.4) is 0 Å². The first-order valence-electron chi connectivity index (χ1n) is 4.15. The molecular weight excluding hydrogens is 202 g/mol. The van der Waals surface area contributed by atoms with Crippen LogP contribution in [0.4, 0.5) is 0 Å². The third-order valence-corrected chi connectivity index (χ3v) is 1.89. The molecule has 2 aromatic heterocycles. The molecule has 2 rings (SSSR count). The second kappa shape index (κ2) is 3.75. The van der Waals surface area contributed by atoms with Gasteiger partial charge in [-0.2, -0.15) is 4.98 Å². The van der Waals surface area contributed by atoms with E-state index < -0.39 is 0 Å². The lowest BCUT2D eigenvalue weighted by molar-refractivity contribution is 0.379. The summed E-state index contributed by atoms with van der Waals surface area (Å²) in [6.07, 6.45) is 3.36. The maximum atomic E-state index is 5.79. The minimum atomic E-state index is -0.270. The molecule has 2 aromatic rings. The van der Waals surface area contributed by atoms with Gasteiger partial charge in [-0.25, -0.2) is 0 Å². The van der Waals surface area contributed by atoms with E-state index in [4.69, 9.17) is 16.1 Å². The van der Waals surface area contributed by atoms with Crippen molar-refractivity contribution < 1.29 is 4.52 Å². The quantitative estimate of drug-likeness (QED) is 0.713. The van der Waals surface area contributed by atoms with Gasteiger partial charge in [0.1, 0.15) is 5.38 Å². The van der Waals surface area contributed by atoms with E-state index in [0.717, 1.165) is 5.56 Å². The number of halogens is 1. The van der Waals surface area contributed by atoms with E-state index in [0.29, 0.717) is 11.7 Å². The van der Waals surface area contributed by atoms with E-state index in [-0.39, 0.29) is 5.38 Å². The first-order chi connectivity index (χ1) is 6.77. The molecule has 0 saturated carbocycles. The minimum absolute atomic E-state index is 0.270. The van der Waals surface area contributed by atoms with E-state index in [1.54, 1.807) is 19.3 Å². The molecular formula is C9H8ClN3O. The van der Waals surface area contributed by atoms with Crippen LogP contribution in [0.25, 0.3) is 11.4 Å². The van der Waals surface area contributed by atoms with Crippen molar-refractivity contribution in [2.24, 2.45) is 0 Å². The topological polar surface area (TPSA) is 51.8 Å². The molecule has 0 saturated heterocycles. The summed E-state index contributed by atoms with van der Waals surface area (Å²) < 4.78 is 4.96. The second-order valence-electron chi connectivity index (χ2n) is 2.81. The average molecular weight is 210 g/mol. The number of hydrogen-bond acceptors (Lipinski definition) is 4. The first kappa shape index (κ1) is 9.15. The third kappa shape index (κ3) is 1.75. The Morgan fingerprint density at radius 2 is 2.36 bits per heavy atom. The Kier molecular flexibility index (Phi) is 2.45. The molecule has 14 heavy (non-hydrogen) atoms. The van der Waals surface area contributed by atoms with Gasteiger partial charge in [-0.05, 0) is 19.1 Å². The van der Waals surface area contributed by atoms with Crippen LogP contribution in [0.5, 0.6) is 0 Å². The Morgan fingerprint density at radius 1 is 1.50 bits per heavy atom. The predicted octanol–water partition coefficient (Wildman–Crippen LogP) is 2.43. The van der Waals surface area contributed by atoms with Crippen molar-refractivity contribution in [1.82, 2.24) is 15.1 Å². The fourth-order valence-electron chi connectivity index (χ4n) is 1.01. The van der Waals surface area contributed by atoms with Gasteiger partial charge in [0.05, 0.1) is 0 Å². The number of aromatic nitrogens is 3. The molecule has 0 bridgehead atoms. The van der Waals surface area contributed by atoms with Crippen molar-refractivity contribution in [2.45, 2.75) is 12.3 Å². The highest BCUT2D eigenvalue weighted by Gasteiger charge is 2.12. The second-order valence-corrected chi connectivity index (χ2v) is 3.47. The highest BCUT2D eigenvalue weighted by molar-refractivity contribution is 6.20. The molecule has 0 aromatic carbocycles. The lowest BCUT2D eigenvalue weighted by Gasteiger charge is -1.91. The summed E-state index contributed by atoms with van der Waals surface area (Å²) in [5, 5.41) is 3.53. The van der Waals surface area contributed by atoms with Crippen LogP contribution in [0.15, 0.2) is 29.0 Å². The molecule has 0 spiro atoms. The molecule has 2 heterocycles. The maximum absolute atomic E-state index is 5.79. The Labute approximate surface area is 85.9 Å². The van der Waals surface area contributed by atoms with E-state index >= 15 is 0 Å². The van der Waals surface area contributed by atoms with Gasteiger partial charge in [-0.15, -0.1) is 11.6 Å². The van der Waals surface area contributed by atoms with Crippen molar-refractivity contribution in [3.8, 4) is 11.4 Å². The summed E-state index contributed by atoms with van der Waals surface area (Å²) in [6, 6.07) is 3.68. The molecule has 5 heteroatoms. The van der Waals surface area contributed by atoms with Crippen molar-refractivity contribution >= 4 is 11.6 Å². The zero-order valence-electron chi connectivity index (χ0n) is 7.51. The average Bonchev–Trinajstić information content (AvgIpc) is 2.68. The smallest absolute Gasteiger partial charge is 0.244 e. The van der Waals surface area contributed by atoms with Gasteiger partial charge in [0, 0.05) is 18.0 Å². The van der Waals surface area contributed by atoms with Crippen LogP contribution >= 0.6 is 11.6 Å². The van der Waals surface area contributed by atoms with Gasteiger partial charge in [-0.3, -0.25) is 4.98 Å². The van der Waals surface area contributed by atoms with Crippen molar-refractivity contribution in [2.75, 3.05) is 0 Å². The zero-order valence-corrected chi connectivity index (χ0v) is 8.27. The molecule has 0 aliphatic carbocycles. The van der Waals surface area contributed by atoms with Crippen LogP contribution in [-0.2, 0) is 0 Å². The SMILES string of the molecule is CC(Cl)c1nc(-c2cccnc2)no1. The monoisotopic (exact) mass is 209 g/mol. The maximum Gasteiger partial charge on any atom is 0.244 e. The highest BCUT2D eigenvalue weighted by Crippen LogP contribution is 2.20. The summed E-state index contributed by atoms with van der Waals surface area (Å²) in [7, 11) is 0. The summed E-state index contributed by atoms with van der Waals surface area (Å²) >= 11 is 5.79. The van der Waals surface area contributed by atoms with Gasteiger partial charge < -0.3 is 4.52 Å². The summed E-state index contributed by atoms with van der Waals surface area (Å²) in [5.74, 6) is 0.936. The van der Waals surface area contributed by atoms with Crippen LogP contribution in [0, 0.1) is 0 Å². The predicted molar refractivity (Wildman–Crippen MR) is 51.8 cm³/mol. The van der Waals surface area contributed by atoms with Gasteiger partial charge in [0.25, 0.3) is 0 Å². The normalized spacial score (nSPS) is 12.7. The van der Waals surface area contributed by atoms with E-state index in [1.807, 2.05) is 12.1 Å². The summed E-state index contributed by atoms with van der Waals surface area (Å²) in [4.78, 5) is 8.09. The number of alkyl halides is 1. The Morgan fingerprint density at radius 3 is 2.93 bits per heavy atom. The van der Waals surface area contributed by atoms with E-state index in [1.165, 1.54) is 0 Å². The lowest BCUT2D eigenvalue weighted by atomic mass is 10.3. The van der Waals surface area contributed by atoms with Crippen molar-refractivity contribution in [1.29, 1.82) is 0 Å². The summed E-state index contributed by atoms with van der Waals surface area (Å²) in [6.45, 7) is 1.78. The lowest BCUT2D eigenvalue weighted by Crippen LogP contribution is -1.84. The fraction of sp³-hybridized carbons (Fsp3) is 0.222. The van der Waals surface area contributed by atoms with Crippen molar-refractivity contribution in [3.63, 3.8) is 0 Å². The Hall–Kier alpha value is -1.42. The number of pyridine rings is 1. The molecule has 0 aliphatic heterocycles. The number of nitrogens with zero attached hydrogens (tertiary/aromatic N) is 3. The molecule has 72 valence electrons. The van der Waals surface area contributed by atoms with Crippen molar-refractivity contribution in [3.05, 3.63) is 30.4 Å². The molecule has 0 fully saturated rings. The minimum Gasteiger partial charge on any atom is -0.337 e. The van der Waals surface area contributed by atoms with Crippen LogP contribution in [-0.4, -0.2) is 15.1 Å². The molecule has 0 aliphatic rings. The molecule has 0 amide bonds. The van der Waals surface area contributed by atoms with Gasteiger partial charge in [0.2, 0.25) is 11.7 Å². The third-order valence-electron chi connectivity index (χ3n) is 1.70. The van der Waals surface area contributed by atoms with Crippen LogP contribution in [0.1, 0.15) is 18.2 Å². The van der Waals surface area contributed by atoms with E-state index in [9.17, 15) is 0 Å². The Bertz CT molecular complexity index is 413. The zero-order chi connectivity index (χ0) is 9.97. The van der Waals surface area contributed by atoms with Gasteiger partial charge in [0.15, 0.2) is 0 Å². The van der Waals surface area contributed by atoms with E-state index in [2.05, 4.69) is 15.1 Å². The molecule has 0 radical (unpaired) electrons. The Balaban J connectivity index is 2.34. The standard InChI is InChI=1S/C9H8ClN3O/c1-6(10)9-12-8(13-14-9)7-3-2-4-11-5-7/h2-6H,1H3. The van der Waals surface area contributed by atoms with Gasteiger partial charge in [-0.1, -0.05) is 5.16 Å². The molecule has 1 atom stereocenters. The largest absolute Gasteiger partial charge is 0.337 e. The summed E-state index contributed by atoms with van der Waals surface area (Å²) in [5.41, 5.74) is 0.819. The first-order valence-corrected chi connectivity index (χ1v) is 4.59. The van der Waals surface area contributed by atoms with Crippen LogP contribution < -0.4 is 0 Å². The number of rotatable bonds is 2. The van der Waals surface area contributed by atoms with Crippen LogP contribution in [0.2, 0.25) is 0 Å². The van der Waals surface area contributed by atoms with Gasteiger partial charge >= 0.3 is 0 Å². The highest BCUT2D eigenvalue weighted by atomic mass is 35.5. The molecule has 1 unspecified atom stereocenters. The molecule has 4 nitrogen and oxygen atoms in total.